The van der Waals surface area contributed by atoms with Gasteiger partial charge in [-0.15, -0.1) is 0 Å². The van der Waals surface area contributed by atoms with Crippen LogP contribution in [0.4, 0.5) is 5.69 Å². The van der Waals surface area contributed by atoms with Crippen molar-refractivity contribution >= 4 is 22.4 Å². The second kappa shape index (κ2) is 5.26. The van der Waals surface area contributed by atoms with Crippen molar-refractivity contribution in [1.29, 1.82) is 0 Å². The lowest BCUT2D eigenvalue weighted by Gasteiger charge is -2.19. The van der Waals surface area contributed by atoms with Gasteiger partial charge in [0.1, 0.15) is 0 Å². The molecule has 1 atom stereocenters. The number of aromatic amines is 1. The van der Waals surface area contributed by atoms with Gasteiger partial charge in [0.25, 0.3) is 0 Å². The van der Waals surface area contributed by atoms with Crippen LogP contribution in [-0.4, -0.2) is 21.3 Å². The van der Waals surface area contributed by atoms with Crippen LogP contribution >= 0.6 is 0 Å². The molecule has 0 saturated heterocycles. The van der Waals surface area contributed by atoms with Crippen LogP contribution in [0.25, 0.3) is 10.8 Å². The Hall–Kier alpha value is -2.69. The van der Waals surface area contributed by atoms with Gasteiger partial charge in [0, 0.05) is 18.0 Å². The SMILES string of the molecule is O=C(Nc1ccc2ccccc2c1)C1CCc2n[nH]nc2C1. The van der Waals surface area contributed by atoms with Crippen molar-refractivity contribution in [3.63, 3.8) is 0 Å². The monoisotopic (exact) mass is 292 g/mol. The molecule has 1 aliphatic rings. The van der Waals surface area contributed by atoms with E-state index < -0.39 is 0 Å². The summed E-state index contributed by atoms with van der Waals surface area (Å²) in [6.45, 7) is 0. The highest BCUT2D eigenvalue weighted by molar-refractivity contribution is 5.95. The molecule has 5 nitrogen and oxygen atoms in total. The molecular weight excluding hydrogens is 276 g/mol. The molecule has 1 aromatic heterocycles. The number of aromatic nitrogens is 3. The number of nitrogens with zero attached hydrogens (tertiary/aromatic N) is 2. The van der Waals surface area contributed by atoms with E-state index in [-0.39, 0.29) is 11.8 Å². The molecule has 0 radical (unpaired) electrons. The maximum Gasteiger partial charge on any atom is 0.227 e. The lowest BCUT2D eigenvalue weighted by Crippen LogP contribution is -2.28. The Labute approximate surface area is 127 Å². The number of hydrogen-bond donors (Lipinski definition) is 2. The number of rotatable bonds is 2. The first-order chi connectivity index (χ1) is 10.8. The number of nitrogens with one attached hydrogen (secondary N) is 2. The number of hydrogen-bond acceptors (Lipinski definition) is 3. The lowest BCUT2D eigenvalue weighted by atomic mass is 9.89. The van der Waals surface area contributed by atoms with Crippen molar-refractivity contribution in [2.75, 3.05) is 5.32 Å². The van der Waals surface area contributed by atoms with Crippen LogP contribution in [0.2, 0.25) is 0 Å². The first kappa shape index (κ1) is 13.0. The van der Waals surface area contributed by atoms with Gasteiger partial charge < -0.3 is 5.32 Å². The van der Waals surface area contributed by atoms with E-state index in [1.807, 2.05) is 36.4 Å². The second-order valence-corrected chi connectivity index (χ2v) is 5.71. The van der Waals surface area contributed by atoms with Crippen molar-refractivity contribution in [1.82, 2.24) is 15.4 Å². The first-order valence-electron chi connectivity index (χ1n) is 7.48. The first-order valence-corrected chi connectivity index (χ1v) is 7.48. The fourth-order valence-electron chi connectivity index (χ4n) is 3.02. The lowest BCUT2D eigenvalue weighted by molar-refractivity contribution is -0.120. The zero-order valence-corrected chi connectivity index (χ0v) is 12.0. The Morgan fingerprint density at radius 1 is 1.09 bits per heavy atom. The van der Waals surface area contributed by atoms with E-state index in [2.05, 4.69) is 26.8 Å². The Morgan fingerprint density at radius 3 is 2.82 bits per heavy atom. The van der Waals surface area contributed by atoms with Crippen molar-refractivity contribution in [2.24, 2.45) is 5.92 Å². The molecule has 2 N–H and O–H groups in total. The van der Waals surface area contributed by atoms with Crippen LogP contribution in [-0.2, 0) is 17.6 Å². The highest BCUT2D eigenvalue weighted by atomic mass is 16.1. The van der Waals surface area contributed by atoms with Gasteiger partial charge in [0.15, 0.2) is 0 Å². The zero-order valence-electron chi connectivity index (χ0n) is 12.0. The highest BCUT2D eigenvalue weighted by Gasteiger charge is 2.27. The fourth-order valence-corrected chi connectivity index (χ4v) is 3.02. The van der Waals surface area contributed by atoms with E-state index >= 15 is 0 Å². The van der Waals surface area contributed by atoms with Crippen LogP contribution in [0.3, 0.4) is 0 Å². The van der Waals surface area contributed by atoms with Gasteiger partial charge in [-0.25, -0.2) is 0 Å². The van der Waals surface area contributed by atoms with Crippen LogP contribution in [0.15, 0.2) is 42.5 Å². The summed E-state index contributed by atoms with van der Waals surface area (Å²) in [6, 6.07) is 14.1. The van der Waals surface area contributed by atoms with E-state index in [1.165, 1.54) is 5.39 Å². The zero-order chi connectivity index (χ0) is 14.9. The van der Waals surface area contributed by atoms with E-state index in [0.29, 0.717) is 6.42 Å². The molecule has 22 heavy (non-hydrogen) atoms. The van der Waals surface area contributed by atoms with Gasteiger partial charge in [0.2, 0.25) is 5.91 Å². The normalized spacial score (nSPS) is 17.2. The summed E-state index contributed by atoms with van der Waals surface area (Å²) in [5.74, 6) is 0.0213. The molecule has 5 heteroatoms. The van der Waals surface area contributed by atoms with Gasteiger partial charge >= 0.3 is 0 Å². The predicted octanol–water partition coefficient (Wildman–Crippen LogP) is 2.70. The number of anilines is 1. The summed E-state index contributed by atoms with van der Waals surface area (Å²) >= 11 is 0. The molecule has 110 valence electrons. The standard InChI is InChI=1S/C17H16N4O/c22-17(13-6-8-15-16(10-13)20-21-19-15)18-14-7-5-11-3-1-2-4-12(11)9-14/h1-5,7,9,13H,6,8,10H2,(H,18,22)(H,19,20,21). The minimum atomic E-state index is -0.0379. The van der Waals surface area contributed by atoms with Gasteiger partial charge in [-0.1, -0.05) is 30.3 Å². The van der Waals surface area contributed by atoms with E-state index in [0.717, 1.165) is 35.3 Å². The van der Waals surface area contributed by atoms with Gasteiger partial charge in [-0.2, -0.15) is 15.4 Å². The molecule has 1 unspecified atom stereocenters. The third-order valence-corrected chi connectivity index (χ3v) is 4.26. The predicted molar refractivity (Wildman–Crippen MR) is 84.5 cm³/mol. The minimum Gasteiger partial charge on any atom is -0.326 e. The summed E-state index contributed by atoms with van der Waals surface area (Å²) in [4.78, 5) is 12.5. The largest absolute Gasteiger partial charge is 0.326 e. The molecule has 3 aromatic rings. The summed E-state index contributed by atoms with van der Waals surface area (Å²) in [7, 11) is 0. The van der Waals surface area contributed by atoms with E-state index in [9.17, 15) is 4.79 Å². The Kier molecular flexibility index (Phi) is 3.11. The molecule has 4 rings (SSSR count). The molecule has 1 heterocycles. The van der Waals surface area contributed by atoms with Crippen LogP contribution in [0, 0.1) is 5.92 Å². The van der Waals surface area contributed by atoms with Crippen molar-refractivity contribution in [3.05, 3.63) is 53.9 Å². The maximum absolute atomic E-state index is 12.5. The average molecular weight is 292 g/mol. The molecule has 2 aromatic carbocycles. The number of benzene rings is 2. The molecule has 0 bridgehead atoms. The number of carbonyl (C=O) groups is 1. The molecule has 0 spiro atoms. The molecule has 1 amide bonds. The summed E-state index contributed by atoms with van der Waals surface area (Å²) in [5.41, 5.74) is 2.76. The Bertz CT molecular complexity index is 839. The number of H-pyrrole nitrogens is 1. The number of aryl methyl sites for hydroxylation is 1. The maximum atomic E-state index is 12.5. The molecule has 1 aliphatic carbocycles. The quantitative estimate of drug-likeness (QED) is 0.763. The summed E-state index contributed by atoms with van der Waals surface area (Å²) < 4.78 is 0. The fraction of sp³-hybridized carbons (Fsp3) is 0.235. The number of fused-ring (bicyclic) bond motifs is 2. The van der Waals surface area contributed by atoms with E-state index in [1.54, 1.807) is 0 Å². The highest BCUT2D eigenvalue weighted by Crippen LogP contribution is 2.24. The third kappa shape index (κ3) is 2.35. The number of amides is 1. The minimum absolute atomic E-state index is 0.0379. The average Bonchev–Trinajstić information content (AvgIpc) is 3.02. The van der Waals surface area contributed by atoms with Crippen molar-refractivity contribution < 1.29 is 4.79 Å². The van der Waals surface area contributed by atoms with Crippen LogP contribution in [0.1, 0.15) is 17.8 Å². The van der Waals surface area contributed by atoms with Crippen LogP contribution < -0.4 is 5.32 Å². The van der Waals surface area contributed by atoms with Crippen molar-refractivity contribution in [2.45, 2.75) is 19.3 Å². The van der Waals surface area contributed by atoms with Gasteiger partial charge in [-0.05, 0) is 35.7 Å². The van der Waals surface area contributed by atoms with Crippen molar-refractivity contribution in [3.8, 4) is 0 Å². The van der Waals surface area contributed by atoms with Gasteiger partial charge in [-0.3, -0.25) is 4.79 Å². The molecule has 0 aliphatic heterocycles. The van der Waals surface area contributed by atoms with Gasteiger partial charge in [0.05, 0.1) is 11.4 Å². The van der Waals surface area contributed by atoms with E-state index in [4.69, 9.17) is 0 Å². The smallest absolute Gasteiger partial charge is 0.227 e. The number of carbonyl (C=O) groups excluding carboxylic acids is 1. The molecule has 0 saturated carbocycles. The molecular formula is C17H16N4O. The molecule has 0 fully saturated rings. The third-order valence-electron chi connectivity index (χ3n) is 4.26. The Morgan fingerprint density at radius 2 is 1.91 bits per heavy atom. The second-order valence-electron chi connectivity index (χ2n) is 5.71. The summed E-state index contributed by atoms with van der Waals surface area (Å²) in [6.07, 6.45) is 2.28. The topological polar surface area (TPSA) is 70.7 Å². The van der Waals surface area contributed by atoms with Crippen LogP contribution in [0.5, 0.6) is 0 Å². The summed E-state index contributed by atoms with van der Waals surface area (Å²) in [5, 5.41) is 16.2. The Balaban J connectivity index is 1.51.